The van der Waals surface area contributed by atoms with E-state index in [0.717, 1.165) is 25.8 Å². The van der Waals surface area contributed by atoms with Crippen molar-refractivity contribution in [3.05, 3.63) is 59.9 Å². The number of nitrogens with zero attached hydrogens (tertiary/aromatic N) is 3. The highest BCUT2D eigenvalue weighted by molar-refractivity contribution is 6.31. The van der Waals surface area contributed by atoms with Crippen LogP contribution in [0.3, 0.4) is 0 Å². The Morgan fingerprint density at radius 2 is 2.15 bits per heavy atom. The van der Waals surface area contributed by atoms with Gasteiger partial charge in [0.05, 0.1) is 22.8 Å². The van der Waals surface area contributed by atoms with Crippen molar-refractivity contribution in [2.75, 3.05) is 30.8 Å². The minimum atomic E-state index is -1.12. The molecule has 0 radical (unpaired) electrons. The summed E-state index contributed by atoms with van der Waals surface area (Å²) in [6, 6.07) is 7.88. The van der Waals surface area contributed by atoms with Crippen LogP contribution in [0.2, 0.25) is 5.02 Å². The molecule has 0 bridgehead atoms. The van der Waals surface area contributed by atoms with Gasteiger partial charge in [-0.3, -0.25) is 4.79 Å². The van der Waals surface area contributed by atoms with Gasteiger partial charge in [-0.2, -0.15) is 0 Å². The van der Waals surface area contributed by atoms with Crippen LogP contribution in [0.15, 0.2) is 49.1 Å². The lowest BCUT2D eigenvalue weighted by Crippen LogP contribution is -2.26. The van der Waals surface area contributed by atoms with Crippen LogP contribution < -0.4 is 15.4 Å². The van der Waals surface area contributed by atoms with Crippen molar-refractivity contribution in [3.8, 4) is 5.75 Å². The number of hydrogen-bond donors (Lipinski definition) is 2. The predicted molar refractivity (Wildman–Crippen MR) is 129 cm³/mol. The number of likely N-dealkylation sites (tertiary alicyclic amines) is 1. The summed E-state index contributed by atoms with van der Waals surface area (Å²) >= 11 is 5.88. The molecule has 7 nitrogen and oxygen atoms in total. The molecule has 1 saturated heterocycles. The van der Waals surface area contributed by atoms with E-state index in [0.29, 0.717) is 40.8 Å². The summed E-state index contributed by atoms with van der Waals surface area (Å²) in [5.41, 5.74) is 1.30. The smallest absolute Gasteiger partial charge is 0.283 e. The largest absolute Gasteiger partial charge is 0.491 e. The Balaban J connectivity index is 1.64. The van der Waals surface area contributed by atoms with E-state index >= 15 is 0 Å². The van der Waals surface area contributed by atoms with E-state index in [9.17, 15) is 13.6 Å². The van der Waals surface area contributed by atoms with Gasteiger partial charge in [-0.25, -0.2) is 18.7 Å². The molecule has 2 aromatic carbocycles. The molecule has 0 aliphatic carbocycles. The molecular formula is C24H24ClF2N5O2. The number of hydrogen-bond acceptors (Lipinski definition) is 6. The standard InChI is InChI=1S/C24H24ClF2N5O2/c1-14(26)24(33)31-21-11-17-20(12-22(21)34-9-7-16-4-3-8-32(16)2)28-13-29-23(17)30-15-5-6-19(27)18(25)10-15/h5-6,10-13,16H,1,3-4,7-9H2,2H3,(H,31,33)(H,28,29,30)/t16-/m0/s1. The highest BCUT2D eigenvalue weighted by atomic mass is 35.5. The Bertz CT molecular complexity index is 1240. The number of ether oxygens (including phenoxy) is 1. The minimum Gasteiger partial charge on any atom is -0.491 e. The van der Waals surface area contributed by atoms with Crippen LogP contribution in [-0.4, -0.2) is 47.0 Å². The molecule has 34 heavy (non-hydrogen) atoms. The molecule has 10 heteroatoms. The van der Waals surface area contributed by atoms with Gasteiger partial charge in [-0.15, -0.1) is 0 Å². The second kappa shape index (κ2) is 10.3. The van der Waals surface area contributed by atoms with Crippen molar-refractivity contribution in [3.63, 3.8) is 0 Å². The van der Waals surface area contributed by atoms with Gasteiger partial charge in [0.2, 0.25) is 0 Å². The van der Waals surface area contributed by atoms with Gasteiger partial charge in [0.15, 0.2) is 5.83 Å². The number of carbonyl (C=O) groups excluding carboxylic acids is 1. The molecule has 178 valence electrons. The molecular weight excluding hydrogens is 464 g/mol. The van der Waals surface area contributed by atoms with Crippen LogP contribution in [0.1, 0.15) is 19.3 Å². The fourth-order valence-electron chi connectivity index (χ4n) is 3.95. The lowest BCUT2D eigenvalue weighted by Gasteiger charge is -2.20. The maximum Gasteiger partial charge on any atom is 0.283 e. The van der Waals surface area contributed by atoms with Crippen molar-refractivity contribution in [1.82, 2.24) is 14.9 Å². The zero-order valence-electron chi connectivity index (χ0n) is 18.6. The van der Waals surface area contributed by atoms with E-state index < -0.39 is 17.6 Å². The van der Waals surface area contributed by atoms with Gasteiger partial charge in [0, 0.05) is 23.2 Å². The lowest BCUT2D eigenvalue weighted by molar-refractivity contribution is -0.114. The molecule has 1 aliphatic rings. The van der Waals surface area contributed by atoms with Crippen molar-refractivity contribution in [2.45, 2.75) is 25.3 Å². The van der Waals surface area contributed by atoms with E-state index in [1.54, 1.807) is 12.1 Å². The molecule has 0 saturated carbocycles. The molecule has 4 rings (SSSR count). The van der Waals surface area contributed by atoms with Crippen molar-refractivity contribution in [2.24, 2.45) is 0 Å². The SMILES string of the molecule is C=C(F)C(=O)Nc1cc2c(Nc3ccc(F)c(Cl)c3)ncnc2cc1OCC[C@@H]1CCCN1C. The predicted octanol–water partition coefficient (Wildman–Crippen LogP) is 5.45. The van der Waals surface area contributed by atoms with Crippen molar-refractivity contribution < 1.29 is 18.3 Å². The number of fused-ring (bicyclic) bond motifs is 1. The Morgan fingerprint density at radius 1 is 1.32 bits per heavy atom. The molecule has 1 atom stereocenters. The first-order chi connectivity index (χ1) is 16.3. The fourth-order valence-corrected chi connectivity index (χ4v) is 4.13. The van der Waals surface area contributed by atoms with Gasteiger partial charge < -0.3 is 20.3 Å². The molecule has 0 spiro atoms. The van der Waals surface area contributed by atoms with E-state index in [-0.39, 0.29) is 10.7 Å². The van der Waals surface area contributed by atoms with Gasteiger partial charge in [0.1, 0.15) is 23.7 Å². The van der Waals surface area contributed by atoms with E-state index in [1.165, 1.54) is 24.5 Å². The number of amides is 1. The van der Waals surface area contributed by atoms with Gasteiger partial charge >= 0.3 is 0 Å². The van der Waals surface area contributed by atoms with Crippen LogP contribution in [0, 0.1) is 5.82 Å². The van der Waals surface area contributed by atoms with E-state index in [4.69, 9.17) is 16.3 Å². The summed E-state index contributed by atoms with van der Waals surface area (Å²) in [7, 11) is 2.09. The van der Waals surface area contributed by atoms with Crippen LogP contribution in [-0.2, 0) is 4.79 Å². The summed E-state index contributed by atoms with van der Waals surface area (Å²) in [5, 5.41) is 6.06. The lowest BCUT2D eigenvalue weighted by atomic mass is 10.1. The molecule has 1 fully saturated rings. The minimum absolute atomic E-state index is 0.0404. The zero-order valence-corrected chi connectivity index (χ0v) is 19.3. The summed E-state index contributed by atoms with van der Waals surface area (Å²) < 4.78 is 32.9. The number of carbonyl (C=O) groups is 1. The summed E-state index contributed by atoms with van der Waals surface area (Å²) in [4.78, 5) is 22.9. The highest BCUT2D eigenvalue weighted by Crippen LogP contribution is 2.34. The number of nitrogens with one attached hydrogen (secondary N) is 2. The van der Waals surface area contributed by atoms with Gasteiger partial charge in [0.25, 0.3) is 5.91 Å². The molecule has 3 aromatic rings. The third kappa shape index (κ3) is 5.43. The number of benzene rings is 2. The van der Waals surface area contributed by atoms with Crippen LogP contribution in [0.5, 0.6) is 5.75 Å². The molecule has 2 N–H and O–H groups in total. The molecule has 1 aromatic heterocycles. The van der Waals surface area contributed by atoms with Crippen molar-refractivity contribution >= 4 is 45.6 Å². The first-order valence-electron chi connectivity index (χ1n) is 10.8. The van der Waals surface area contributed by atoms with Crippen molar-refractivity contribution in [1.29, 1.82) is 0 Å². The van der Waals surface area contributed by atoms with Crippen LogP contribution in [0.25, 0.3) is 10.9 Å². The molecule has 2 heterocycles. The Morgan fingerprint density at radius 3 is 2.85 bits per heavy atom. The second-order valence-corrected chi connectivity index (χ2v) is 8.52. The van der Waals surface area contributed by atoms with E-state index in [2.05, 4.69) is 39.1 Å². The summed E-state index contributed by atoms with van der Waals surface area (Å²) in [5.74, 6) is -1.89. The van der Waals surface area contributed by atoms with Gasteiger partial charge in [-0.1, -0.05) is 18.2 Å². The normalized spacial score (nSPS) is 15.9. The third-order valence-corrected chi connectivity index (χ3v) is 6.08. The first-order valence-corrected chi connectivity index (χ1v) is 11.2. The molecule has 1 aliphatic heterocycles. The average molecular weight is 488 g/mol. The molecule has 0 unspecified atom stereocenters. The first kappa shape index (κ1) is 23.8. The summed E-state index contributed by atoms with van der Waals surface area (Å²) in [6.45, 7) is 4.53. The number of aromatic nitrogens is 2. The number of rotatable bonds is 8. The zero-order chi connectivity index (χ0) is 24.2. The second-order valence-electron chi connectivity index (χ2n) is 8.11. The van der Waals surface area contributed by atoms with E-state index in [1.807, 2.05) is 0 Å². The summed E-state index contributed by atoms with van der Waals surface area (Å²) in [6.07, 6.45) is 4.45. The molecule has 1 amide bonds. The maximum absolute atomic E-state index is 13.5. The topological polar surface area (TPSA) is 79.4 Å². The Kier molecular flexibility index (Phi) is 7.23. The fraction of sp³-hybridized carbons (Fsp3) is 0.292. The monoisotopic (exact) mass is 487 g/mol. The Hall–Kier alpha value is -3.30. The highest BCUT2D eigenvalue weighted by Gasteiger charge is 2.21. The quantitative estimate of drug-likeness (QED) is 0.411. The van der Waals surface area contributed by atoms with Crippen LogP contribution >= 0.6 is 11.6 Å². The van der Waals surface area contributed by atoms with Crippen LogP contribution in [0.4, 0.5) is 26.0 Å². The van der Waals surface area contributed by atoms with Gasteiger partial charge in [-0.05, 0) is 57.1 Å². The Labute approximate surface area is 200 Å². The average Bonchev–Trinajstić information content (AvgIpc) is 3.21. The third-order valence-electron chi connectivity index (χ3n) is 5.79. The maximum atomic E-state index is 13.5. The number of anilines is 3. The number of halogens is 3.